The van der Waals surface area contributed by atoms with Gasteiger partial charge in [0.1, 0.15) is 5.75 Å². The summed E-state index contributed by atoms with van der Waals surface area (Å²) in [4.78, 5) is 12.4. The van der Waals surface area contributed by atoms with E-state index in [9.17, 15) is 13.2 Å². The van der Waals surface area contributed by atoms with Crippen LogP contribution in [0.3, 0.4) is 0 Å². The van der Waals surface area contributed by atoms with Gasteiger partial charge in [0.2, 0.25) is 0 Å². The molecule has 0 saturated heterocycles. The molecule has 0 radical (unpaired) electrons. The van der Waals surface area contributed by atoms with Crippen LogP contribution in [-0.2, 0) is 14.8 Å². The zero-order valence-electron chi connectivity index (χ0n) is 13.7. The predicted octanol–water partition coefficient (Wildman–Crippen LogP) is 2.24. The van der Waals surface area contributed by atoms with Gasteiger partial charge in [-0.05, 0) is 30.7 Å². The van der Waals surface area contributed by atoms with E-state index in [1.807, 2.05) is 25.1 Å². The number of carbonyl (C=O) groups is 1. The van der Waals surface area contributed by atoms with Gasteiger partial charge in [-0.25, -0.2) is 13.1 Å². The SMILES string of the molecule is Cc1ccc(C#N)cc1S(=O)(=O)NC(=O)C1Oc2ccccc2C1C. The predicted molar refractivity (Wildman–Crippen MR) is 90.5 cm³/mol. The van der Waals surface area contributed by atoms with E-state index in [0.717, 1.165) is 5.56 Å². The van der Waals surface area contributed by atoms with Crippen molar-refractivity contribution in [3.8, 4) is 11.8 Å². The van der Waals surface area contributed by atoms with Gasteiger partial charge in [-0.15, -0.1) is 0 Å². The molecule has 25 heavy (non-hydrogen) atoms. The van der Waals surface area contributed by atoms with Gasteiger partial charge in [0.05, 0.1) is 16.5 Å². The van der Waals surface area contributed by atoms with E-state index in [2.05, 4.69) is 4.72 Å². The highest BCUT2D eigenvalue weighted by molar-refractivity contribution is 7.90. The summed E-state index contributed by atoms with van der Waals surface area (Å²) in [6.07, 6.45) is -0.924. The normalized spacial score (nSPS) is 18.8. The fourth-order valence-electron chi connectivity index (χ4n) is 2.85. The van der Waals surface area contributed by atoms with Crippen molar-refractivity contribution in [1.29, 1.82) is 5.26 Å². The number of fused-ring (bicyclic) bond motifs is 1. The number of nitriles is 1. The maximum atomic E-state index is 12.6. The second kappa shape index (κ2) is 6.22. The molecule has 0 aliphatic carbocycles. The number of rotatable bonds is 3. The Labute approximate surface area is 146 Å². The molecule has 2 aromatic rings. The molecule has 1 heterocycles. The van der Waals surface area contributed by atoms with Gasteiger partial charge in [0.15, 0.2) is 6.10 Å². The number of benzene rings is 2. The average molecular weight is 356 g/mol. The van der Waals surface area contributed by atoms with Crippen LogP contribution in [0.25, 0.3) is 0 Å². The summed E-state index contributed by atoms with van der Waals surface area (Å²) in [6, 6.07) is 13.4. The third-order valence-corrected chi connectivity index (χ3v) is 5.71. The summed E-state index contributed by atoms with van der Waals surface area (Å²) in [5.74, 6) is -0.418. The lowest BCUT2D eigenvalue weighted by Gasteiger charge is -2.16. The molecule has 0 bridgehead atoms. The van der Waals surface area contributed by atoms with Crippen molar-refractivity contribution in [3.63, 3.8) is 0 Å². The zero-order valence-corrected chi connectivity index (χ0v) is 14.5. The highest BCUT2D eigenvalue weighted by Crippen LogP contribution is 2.37. The lowest BCUT2D eigenvalue weighted by atomic mass is 9.97. The Balaban J connectivity index is 1.85. The van der Waals surface area contributed by atoms with E-state index in [4.69, 9.17) is 10.00 Å². The van der Waals surface area contributed by atoms with Crippen molar-refractivity contribution in [2.45, 2.75) is 30.8 Å². The zero-order chi connectivity index (χ0) is 18.2. The minimum Gasteiger partial charge on any atom is -0.480 e. The van der Waals surface area contributed by atoms with Gasteiger partial charge >= 0.3 is 0 Å². The molecule has 1 N–H and O–H groups in total. The summed E-state index contributed by atoms with van der Waals surface area (Å²) in [5.41, 5.74) is 1.52. The van der Waals surface area contributed by atoms with Crippen molar-refractivity contribution in [1.82, 2.24) is 4.72 Å². The molecule has 0 fully saturated rings. The lowest BCUT2D eigenvalue weighted by molar-refractivity contribution is -0.126. The molecule has 2 unspecified atom stereocenters. The summed E-state index contributed by atoms with van der Waals surface area (Å²) in [7, 11) is -4.10. The Morgan fingerprint density at radius 3 is 2.64 bits per heavy atom. The number of nitrogens with one attached hydrogen (secondary N) is 1. The van der Waals surface area contributed by atoms with Crippen LogP contribution in [0.5, 0.6) is 5.75 Å². The van der Waals surface area contributed by atoms with Crippen molar-refractivity contribution in [3.05, 3.63) is 59.2 Å². The first-order valence-corrected chi connectivity index (χ1v) is 9.15. The standard InChI is InChI=1S/C18H16N2O4S/c1-11-7-8-13(10-19)9-16(11)25(22,23)20-18(21)17-12(2)14-5-3-4-6-15(14)24-17/h3-9,12,17H,1-2H3,(H,20,21). The molecule has 2 aromatic carbocycles. The van der Waals surface area contributed by atoms with Crippen LogP contribution < -0.4 is 9.46 Å². The summed E-state index contributed by atoms with van der Waals surface area (Å²) in [5, 5.41) is 8.96. The Bertz CT molecular complexity index is 992. The summed E-state index contributed by atoms with van der Waals surface area (Å²) >= 11 is 0. The topological polar surface area (TPSA) is 96.3 Å². The quantitative estimate of drug-likeness (QED) is 0.910. The number of hydrogen-bond acceptors (Lipinski definition) is 5. The van der Waals surface area contributed by atoms with E-state index < -0.39 is 22.0 Å². The van der Waals surface area contributed by atoms with Gasteiger partial charge < -0.3 is 4.74 Å². The number of sulfonamides is 1. The van der Waals surface area contributed by atoms with E-state index in [0.29, 0.717) is 11.3 Å². The molecule has 7 heteroatoms. The molecule has 2 atom stereocenters. The number of amides is 1. The number of hydrogen-bond donors (Lipinski definition) is 1. The molecule has 0 saturated carbocycles. The fourth-order valence-corrected chi connectivity index (χ4v) is 4.12. The largest absolute Gasteiger partial charge is 0.480 e. The number of ether oxygens (including phenoxy) is 1. The van der Waals surface area contributed by atoms with Crippen molar-refractivity contribution >= 4 is 15.9 Å². The molecule has 1 aliphatic rings. The van der Waals surface area contributed by atoms with Gasteiger partial charge in [-0.1, -0.05) is 31.2 Å². The minimum absolute atomic E-state index is 0.0944. The average Bonchev–Trinajstić information content (AvgIpc) is 2.92. The molecule has 3 rings (SSSR count). The van der Waals surface area contributed by atoms with Crippen LogP contribution in [0.2, 0.25) is 0 Å². The molecular formula is C18H16N2O4S. The first-order valence-electron chi connectivity index (χ1n) is 7.66. The van der Waals surface area contributed by atoms with Gasteiger partial charge in [0.25, 0.3) is 15.9 Å². The lowest BCUT2D eigenvalue weighted by Crippen LogP contribution is -2.42. The Hall–Kier alpha value is -2.85. The van der Waals surface area contributed by atoms with E-state index in [1.54, 1.807) is 19.1 Å². The van der Waals surface area contributed by atoms with Crippen LogP contribution in [0.4, 0.5) is 0 Å². The van der Waals surface area contributed by atoms with Gasteiger partial charge in [0, 0.05) is 11.5 Å². The smallest absolute Gasteiger partial charge is 0.275 e. The van der Waals surface area contributed by atoms with Crippen molar-refractivity contribution in [2.75, 3.05) is 0 Å². The van der Waals surface area contributed by atoms with Gasteiger partial charge in [-0.3, -0.25) is 4.79 Å². The highest BCUT2D eigenvalue weighted by Gasteiger charge is 2.38. The van der Waals surface area contributed by atoms with E-state index in [-0.39, 0.29) is 16.4 Å². The fraction of sp³-hybridized carbons (Fsp3) is 0.222. The van der Waals surface area contributed by atoms with E-state index in [1.165, 1.54) is 18.2 Å². The van der Waals surface area contributed by atoms with Crippen LogP contribution in [0.1, 0.15) is 29.5 Å². The number of para-hydroxylation sites is 1. The number of nitrogens with zero attached hydrogens (tertiary/aromatic N) is 1. The van der Waals surface area contributed by atoms with E-state index >= 15 is 0 Å². The number of aryl methyl sites for hydroxylation is 1. The third-order valence-electron chi connectivity index (χ3n) is 4.22. The second-order valence-electron chi connectivity index (χ2n) is 5.93. The van der Waals surface area contributed by atoms with Crippen LogP contribution in [-0.4, -0.2) is 20.4 Å². The van der Waals surface area contributed by atoms with Gasteiger partial charge in [-0.2, -0.15) is 5.26 Å². The Kier molecular flexibility index (Phi) is 4.23. The van der Waals surface area contributed by atoms with Crippen molar-refractivity contribution in [2.24, 2.45) is 0 Å². The first kappa shape index (κ1) is 17.0. The molecule has 128 valence electrons. The molecule has 0 spiro atoms. The number of carbonyl (C=O) groups excluding carboxylic acids is 1. The van der Waals surface area contributed by atoms with Crippen molar-refractivity contribution < 1.29 is 17.9 Å². The minimum atomic E-state index is -4.10. The second-order valence-corrected chi connectivity index (χ2v) is 7.58. The summed E-state index contributed by atoms with van der Waals surface area (Å²) in [6.45, 7) is 3.41. The van der Waals surface area contributed by atoms with Crippen LogP contribution >= 0.6 is 0 Å². The maximum absolute atomic E-state index is 12.6. The molecular weight excluding hydrogens is 340 g/mol. The van der Waals surface area contributed by atoms with Crippen LogP contribution in [0, 0.1) is 18.3 Å². The molecule has 1 aliphatic heterocycles. The maximum Gasteiger partial charge on any atom is 0.275 e. The first-order chi connectivity index (χ1) is 11.8. The third kappa shape index (κ3) is 3.08. The Morgan fingerprint density at radius 2 is 1.96 bits per heavy atom. The molecule has 1 amide bonds. The molecule has 0 aromatic heterocycles. The Morgan fingerprint density at radius 1 is 1.24 bits per heavy atom. The summed E-state index contributed by atoms with van der Waals surface area (Å²) < 4.78 is 32.8. The molecule has 6 nitrogen and oxygen atoms in total. The monoisotopic (exact) mass is 356 g/mol. The van der Waals surface area contributed by atoms with Crippen LogP contribution in [0.15, 0.2) is 47.4 Å². The highest BCUT2D eigenvalue weighted by atomic mass is 32.2.